The van der Waals surface area contributed by atoms with E-state index in [0.717, 1.165) is 0 Å². The van der Waals surface area contributed by atoms with Crippen molar-refractivity contribution >= 4 is 27.7 Å². The highest BCUT2D eigenvalue weighted by Gasteiger charge is 2.26. The summed E-state index contributed by atoms with van der Waals surface area (Å²) in [6.07, 6.45) is 1.22. The van der Waals surface area contributed by atoms with Crippen LogP contribution in [0.15, 0.2) is 11.8 Å². The lowest BCUT2D eigenvalue weighted by atomic mass is 9.90. The smallest absolute Gasteiger partial charge is 0.252 e. The molecule has 104 valence electrons. The van der Waals surface area contributed by atoms with Crippen LogP contribution in [0.3, 0.4) is 0 Å². The Morgan fingerprint density at radius 1 is 1.33 bits per heavy atom. The monoisotopic (exact) mass is 320 g/mol. The molecule has 0 rings (SSSR count). The Balaban J connectivity index is 4.70. The van der Waals surface area contributed by atoms with Crippen LogP contribution in [0.1, 0.15) is 27.7 Å². The van der Waals surface area contributed by atoms with Crippen molar-refractivity contribution in [2.24, 2.45) is 11.1 Å². The number of ether oxygens (including phenoxy) is 1. The number of hydrogen-bond acceptors (Lipinski definition) is 4. The Morgan fingerprint density at radius 2 is 1.83 bits per heavy atom. The first-order valence-corrected chi connectivity index (χ1v) is 6.31. The number of carbonyl (C=O) groups is 2. The standard InChI is InChI=1S/C12H21BrN2O3/c1-11(2,7-18-5)8(14)6-9(16)15-10(17)12(3,4)13/h6H,7,14H2,1-5H3,(H,15,16,17). The molecule has 0 radical (unpaired) electrons. The molecule has 0 fully saturated rings. The van der Waals surface area contributed by atoms with E-state index in [4.69, 9.17) is 10.5 Å². The number of methoxy groups -OCH3 is 1. The van der Waals surface area contributed by atoms with Gasteiger partial charge in [-0.25, -0.2) is 0 Å². The Morgan fingerprint density at radius 3 is 2.22 bits per heavy atom. The number of hydrogen-bond donors (Lipinski definition) is 2. The fourth-order valence-corrected chi connectivity index (χ4v) is 1.18. The molecule has 3 N–H and O–H groups in total. The summed E-state index contributed by atoms with van der Waals surface area (Å²) in [5, 5.41) is 2.24. The van der Waals surface area contributed by atoms with E-state index < -0.39 is 21.6 Å². The van der Waals surface area contributed by atoms with Crippen molar-refractivity contribution in [2.75, 3.05) is 13.7 Å². The van der Waals surface area contributed by atoms with Crippen molar-refractivity contribution < 1.29 is 14.3 Å². The van der Waals surface area contributed by atoms with Gasteiger partial charge in [-0.3, -0.25) is 14.9 Å². The zero-order valence-electron chi connectivity index (χ0n) is 11.5. The first kappa shape index (κ1) is 17.1. The van der Waals surface area contributed by atoms with Gasteiger partial charge in [-0.1, -0.05) is 29.8 Å². The van der Waals surface area contributed by atoms with Crippen LogP contribution in [0.4, 0.5) is 0 Å². The number of imide groups is 1. The third kappa shape index (κ3) is 5.64. The number of halogens is 1. The molecule has 0 aromatic rings. The van der Waals surface area contributed by atoms with E-state index in [1.807, 2.05) is 13.8 Å². The maximum absolute atomic E-state index is 11.6. The van der Waals surface area contributed by atoms with Gasteiger partial charge in [0.25, 0.3) is 5.91 Å². The summed E-state index contributed by atoms with van der Waals surface area (Å²) in [7, 11) is 1.56. The van der Waals surface area contributed by atoms with E-state index >= 15 is 0 Å². The molecule has 0 bridgehead atoms. The molecule has 0 aromatic carbocycles. The number of nitrogens with two attached hydrogens (primary N) is 1. The lowest BCUT2D eigenvalue weighted by Gasteiger charge is -2.24. The van der Waals surface area contributed by atoms with Crippen LogP contribution < -0.4 is 11.1 Å². The van der Waals surface area contributed by atoms with E-state index in [-0.39, 0.29) is 0 Å². The maximum Gasteiger partial charge on any atom is 0.252 e. The van der Waals surface area contributed by atoms with E-state index in [1.165, 1.54) is 6.08 Å². The third-order valence-corrected chi connectivity index (χ3v) is 2.71. The SMILES string of the molecule is COCC(C)(C)C(N)=CC(=O)NC(=O)C(C)(C)Br. The highest BCUT2D eigenvalue weighted by molar-refractivity contribution is 9.10. The van der Waals surface area contributed by atoms with Gasteiger partial charge in [0.05, 0.1) is 10.9 Å². The van der Waals surface area contributed by atoms with Crippen LogP contribution in [-0.4, -0.2) is 29.9 Å². The van der Waals surface area contributed by atoms with Crippen molar-refractivity contribution in [1.82, 2.24) is 5.32 Å². The van der Waals surface area contributed by atoms with Gasteiger partial charge >= 0.3 is 0 Å². The highest BCUT2D eigenvalue weighted by atomic mass is 79.9. The quantitative estimate of drug-likeness (QED) is 0.591. The topological polar surface area (TPSA) is 81.4 Å². The summed E-state index contributed by atoms with van der Waals surface area (Å²) in [6, 6.07) is 0. The Bertz CT molecular complexity index is 357. The van der Waals surface area contributed by atoms with Crippen LogP contribution in [0, 0.1) is 5.41 Å². The predicted molar refractivity (Wildman–Crippen MR) is 74.1 cm³/mol. The number of amides is 2. The van der Waals surface area contributed by atoms with E-state index in [0.29, 0.717) is 12.3 Å². The van der Waals surface area contributed by atoms with Gasteiger partial charge in [0.2, 0.25) is 5.91 Å². The summed E-state index contributed by atoms with van der Waals surface area (Å²) in [5.41, 5.74) is 5.72. The van der Waals surface area contributed by atoms with Gasteiger partial charge in [-0.2, -0.15) is 0 Å². The normalized spacial score (nSPS) is 13.3. The predicted octanol–water partition coefficient (Wildman–Crippen LogP) is 1.32. The van der Waals surface area contributed by atoms with Crippen LogP contribution in [0.2, 0.25) is 0 Å². The minimum absolute atomic E-state index is 0.363. The second-order valence-electron chi connectivity index (χ2n) is 5.21. The van der Waals surface area contributed by atoms with Gasteiger partial charge in [-0.05, 0) is 13.8 Å². The molecule has 0 heterocycles. The highest BCUT2D eigenvalue weighted by Crippen LogP contribution is 2.22. The molecule has 6 heteroatoms. The molecule has 2 amide bonds. The molecule has 0 atom stereocenters. The average molecular weight is 321 g/mol. The molecule has 0 saturated heterocycles. The minimum Gasteiger partial charge on any atom is -0.401 e. The second kappa shape index (κ2) is 6.33. The molecule has 0 spiro atoms. The van der Waals surface area contributed by atoms with Crippen molar-refractivity contribution in [3.05, 3.63) is 11.8 Å². The van der Waals surface area contributed by atoms with Crippen molar-refractivity contribution in [2.45, 2.75) is 32.0 Å². The fraction of sp³-hybridized carbons (Fsp3) is 0.667. The van der Waals surface area contributed by atoms with Crippen molar-refractivity contribution in [1.29, 1.82) is 0 Å². The number of alkyl halides is 1. The number of rotatable bonds is 5. The molecule has 0 unspecified atom stereocenters. The van der Waals surface area contributed by atoms with Gasteiger partial charge < -0.3 is 10.5 Å². The van der Waals surface area contributed by atoms with Gasteiger partial charge in [0.1, 0.15) is 0 Å². The third-order valence-electron chi connectivity index (χ3n) is 2.35. The van der Waals surface area contributed by atoms with E-state index in [9.17, 15) is 9.59 Å². The largest absolute Gasteiger partial charge is 0.401 e. The molecular formula is C12H21BrN2O3. The van der Waals surface area contributed by atoms with Gasteiger partial charge in [0.15, 0.2) is 0 Å². The molecular weight excluding hydrogens is 300 g/mol. The van der Waals surface area contributed by atoms with Crippen molar-refractivity contribution in [3.8, 4) is 0 Å². The summed E-state index contributed by atoms with van der Waals surface area (Å²) in [6.45, 7) is 7.40. The Hall–Kier alpha value is -0.880. The van der Waals surface area contributed by atoms with Crippen LogP contribution in [0.25, 0.3) is 0 Å². The molecule has 0 aliphatic carbocycles. The molecule has 0 aliphatic rings. The second-order valence-corrected chi connectivity index (χ2v) is 7.19. The summed E-state index contributed by atoms with van der Waals surface area (Å²) in [5.74, 6) is -0.949. The van der Waals surface area contributed by atoms with E-state index in [2.05, 4.69) is 21.2 Å². The Kier molecular flexibility index (Phi) is 6.02. The fourth-order valence-electron chi connectivity index (χ4n) is 1.08. The van der Waals surface area contributed by atoms with E-state index in [1.54, 1.807) is 21.0 Å². The molecule has 0 saturated carbocycles. The Labute approximate surface area is 116 Å². The zero-order chi connectivity index (χ0) is 14.6. The number of nitrogens with one attached hydrogen (secondary N) is 1. The summed E-state index contributed by atoms with van der Waals surface area (Å²) >= 11 is 3.17. The maximum atomic E-state index is 11.6. The van der Waals surface area contributed by atoms with Crippen LogP contribution in [-0.2, 0) is 14.3 Å². The molecule has 5 nitrogen and oxygen atoms in total. The lowest BCUT2D eigenvalue weighted by Crippen LogP contribution is -2.41. The minimum atomic E-state index is -0.798. The number of carbonyl (C=O) groups excluding carboxylic acids is 2. The first-order chi connectivity index (χ1) is 8.00. The first-order valence-electron chi connectivity index (χ1n) is 5.51. The zero-order valence-corrected chi connectivity index (χ0v) is 13.1. The lowest BCUT2D eigenvalue weighted by molar-refractivity contribution is -0.129. The van der Waals surface area contributed by atoms with Crippen LogP contribution in [0.5, 0.6) is 0 Å². The van der Waals surface area contributed by atoms with Gasteiger partial charge in [-0.15, -0.1) is 0 Å². The summed E-state index contributed by atoms with van der Waals surface area (Å²) in [4.78, 5) is 23.2. The molecule has 18 heavy (non-hydrogen) atoms. The van der Waals surface area contributed by atoms with Gasteiger partial charge in [0, 0.05) is 24.3 Å². The summed E-state index contributed by atoms with van der Waals surface area (Å²) < 4.78 is 4.22. The van der Waals surface area contributed by atoms with Crippen LogP contribution >= 0.6 is 15.9 Å². The average Bonchev–Trinajstić information content (AvgIpc) is 2.15. The molecule has 0 aliphatic heterocycles. The van der Waals surface area contributed by atoms with Crippen molar-refractivity contribution in [3.63, 3.8) is 0 Å². The molecule has 0 aromatic heterocycles.